The largest absolute Gasteiger partial charge is 0.481 e. The summed E-state index contributed by atoms with van der Waals surface area (Å²) >= 11 is 0. The summed E-state index contributed by atoms with van der Waals surface area (Å²) in [6.45, 7) is 0. The van der Waals surface area contributed by atoms with Crippen LogP contribution in [0, 0.1) is 5.92 Å². The van der Waals surface area contributed by atoms with Crippen molar-refractivity contribution in [3.05, 3.63) is 0 Å². The fraction of sp³-hybridized carbons (Fsp3) is 0.875. The van der Waals surface area contributed by atoms with Crippen LogP contribution in [0.1, 0.15) is 12.8 Å². The van der Waals surface area contributed by atoms with Crippen LogP contribution in [-0.4, -0.2) is 50.4 Å². The van der Waals surface area contributed by atoms with E-state index in [4.69, 9.17) is 5.11 Å². The number of carboxylic acid groups (broad SMARTS) is 1. The van der Waals surface area contributed by atoms with E-state index >= 15 is 0 Å². The Bertz CT molecular complexity index is 270. The molecule has 0 saturated carbocycles. The zero-order chi connectivity index (χ0) is 10.5. The number of rotatable bonds is 1. The number of carbonyl (C=O) groups is 1. The molecule has 2 saturated heterocycles. The van der Waals surface area contributed by atoms with Crippen molar-refractivity contribution in [1.29, 1.82) is 0 Å². The monoisotopic (exact) mass is 203 g/mol. The van der Waals surface area contributed by atoms with Gasteiger partial charge in [0.25, 0.3) is 0 Å². The minimum Gasteiger partial charge on any atom is -0.481 e. The van der Waals surface area contributed by atoms with Crippen molar-refractivity contribution in [2.75, 3.05) is 0 Å². The maximum absolute atomic E-state index is 10.8. The molecule has 0 aromatic heterocycles. The lowest BCUT2D eigenvalue weighted by Crippen LogP contribution is -2.66. The van der Waals surface area contributed by atoms with Crippen LogP contribution in [0.3, 0.4) is 0 Å². The van der Waals surface area contributed by atoms with Gasteiger partial charge in [0.15, 0.2) is 0 Å². The van der Waals surface area contributed by atoms with Gasteiger partial charge in [-0.15, -0.1) is 0 Å². The molecule has 80 valence electrons. The van der Waals surface area contributed by atoms with Crippen molar-refractivity contribution in [3.63, 3.8) is 0 Å². The molecule has 14 heavy (non-hydrogen) atoms. The van der Waals surface area contributed by atoms with Gasteiger partial charge in [-0.25, -0.2) is 0 Å². The van der Waals surface area contributed by atoms with Crippen LogP contribution < -0.4 is 5.32 Å². The number of carboxylic acids is 1. The van der Waals surface area contributed by atoms with Crippen LogP contribution in [-0.2, 0) is 4.79 Å². The Labute approximate surface area is 80.2 Å². The second-order valence-electron chi connectivity index (χ2n) is 4.01. The van der Waals surface area contributed by atoms with Gasteiger partial charge in [-0.3, -0.25) is 10.1 Å². The lowest BCUT2D eigenvalue weighted by Gasteiger charge is -2.41. The molecule has 0 aromatic carbocycles. The molecule has 6 nitrogen and oxygen atoms in total. The highest BCUT2D eigenvalue weighted by Crippen LogP contribution is 2.37. The average Bonchev–Trinajstić information content (AvgIpc) is 2.43. The first-order chi connectivity index (χ1) is 6.46. The van der Waals surface area contributed by atoms with E-state index in [1.165, 1.54) is 0 Å². The Morgan fingerprint density at radius 2 is 2.07 bits per heavy atom. The van der Waals surface area contributed by atoms with Crippen LogP contribution >= 0.6 is 0 Å². The van der Waals surface area contributed by atoms with Gasteiger partial charge in [-0.1, -0.05) is 0 Å². The highest BCUT2D eigenvalue weighted by Gasteiger charge is 2.57. The molecule has 2 aliphatic rings. The first-order valence-corrected chi connectivity index (χ1v) is 4.55. The smallest absolute Gasteiger partial charge is 0.310 e. The highest BCUT2D eigenvalue weighted by molar-refractivity contribution is 5.72. The number of aliphatic carboxylic acids is 1. The second-order valence-corrected chi connectivity index (χ2v) is 4.01. The van der Waals surface area contributed by atoms with Crippen molar-refractivity contribution in [3.8, 4) is 0 Å². The molecule has 2 bridgehead atoms. The van der Waals surface area contributed by atoms with Crippen molar-refractivity contribution in [2.45, 2.75) is 36.8 Å². The van der Waals surface area contributed by atoms with Gasteiger partial charge in [0.1, 0.15) is 17.7 Å². The maximum Gasteiger partial charge on any atom is 0.310 e. The number of aliphatic hydroxyl groups excluding tert-OH is 2. The van der Waals surface area contributed by atoms with Gasteiger partial charge >= 0.3 is 5.97 Å². The SMILES string of the molecule is O=C(O)[C@@H]1[C@@H](O)[C@H](O)[C@@]2(O)CC[C@@H]1N2. The van der Waals surface area contributed by atoms with Crippen molar-refractivity contribution in [1.82, 2.24) is 5.32 Å². The van der Waals surface area contributed by atoms with Crippen LogP contribution in [0.4, 0.5) is 0 Å². The molecular formula is C8H13NO5. The number of nitrogens with one attached hydrogen (secondary N) is 1. The normalized spacial score (nSPS) is 51.9. The maximum atomic E-state index is 10.8. The zero-order valence-corrected chi connectivity index (χ0v) is 7.42. The van der Waals surface area contributed by atoms with Gasteiger partial charge in [-0.2, -0.15) is 0 Å². The first-order valence-electron chi connectivity index (χ1n) is 4.55. The molecule has 2 fully saturated rings. The summed E-state index contributed by atoms with van der Waals surface area (Å²) in [5, 5.41) is 40.3. The topological polar surface area (TPSA) is 110 Å². The van der Waals surface area contributed by atoms with Crippen LogP contribution in [0.5, 0.6) is 0 Å². The molecule has 2 aliphatic heterocycles. The Morgan fingerprint density at radius 3 is 2.64 bits per heavy atom. The summed E-state index contributed by atoms with van der Waals surface area (Å²) in [6.07, 6.45) is -2.14. The summed E-state index contributed by atoms with van der Waals surface area (Å²) in [4.78, 5) is 10.8. The third-order valence-corrected chi connectivity index (χ3v) is 3.17. The molecule has 2 rings (SSSR count). The summed E-state index contributed by atoms with van der Waals surface area (Å²) < 4.78 is 0. The van der Waals surface area contributed by atoms with Crippen molar-refractivity contribution < 1.29 is 25.2 Å². The quantitative estimate of drug-likeness (QED) is 0.333. The molecule has 0 amide bonds. The number of fused-ring (bicyclic) bond motifs is 2. The predicted molar refractivity (Wildman–Crippen MR) is 44.2 cm³/mol. The minimum absolute atomic E-state index is 0.264. The van der Waals surface area contributed by atoms with Gasteiger partial charge in [0.2, 0.25) is 0 Å². The number of aliphatic hydroxyl groups is 3. The van der Waals surface area contributed by atoms with Gasteiger partial charge in [0.05, 0.1) is 6.10 Å². The standard InChI is InChI=1S/C8H13NO5/c10-5-4(7(12)13)3-1-2-8(14,9-3)6(5)11/h3-6,9-11,14H,1-2H2,(H,12,13)/t3-,4-,5+,6-,8-/m0/s1. The molecule has 0 unspecified atom stereocenters. The molecule has 6 heteroatoms. The van der Waals surface area contributed by atoms with E-state index in [1.807, 2.05) is 0 Å². The summed E-state index contributed by atoms with van der Waals surface area (Å²) in [5.41, 5.74) is -1.52. The Balaban J connectivity index is 2.29. The molecule has 0 radical (unpaired) electrons. The minimum atomic E-state index is -1.52. The number of piperidine rings is 1. The summed E-state index contributed by atoms with van der Waals surface area (Å²) in [6, 6.07) is -0.462. The van der Waals surface area contributed by atoms with Crippen LogP contribution in [0.15, 0.2) is 0 Å². The Morgan fingerprint density at radius 1 is 1.43 bits per heavy atom. The lowest BCUT2D eigenvalue weighted by atomic mass is 9.86. The Kier molecular flexibility index (Phi) is 2.04. The van der Waals surface area contributed by atoms with E-state index in [9.17, 15) is 20.1 Å². The molecule has 5 atom stereocenters. The second kappa shape index (κ2) is 2.90. The highest BCUT2D eigenvalue weighted by atomic mass is 16.4. The van der Waals surface area contributed by atoms with Crippen LogP contribution in [0.2, 0.25) is 0 Å². The van der Waals surface area contributed by atoms with Crippen LogP contribution in [0.25, 0.3) is 0 Å². The summed E-state index contributed by atoms with van der Waals surface area (Å²) in [7, 11) is 0. The van der Waals surface area contributed by atoms with Gasteiger partial charge in [0, 0.05) is 6.04 Å². The van der Waals surface area contributed by atoms with E-state index in [2.05, 4.69) is 5.32 Å². The Hall–Kier alpha value is -0.690. The molecule has 0 aliphatic carbocycles. The first kappa shape index (κ1) is 9.85. The summed E-state index contributed by atoms with van der Waals surface area (Å²) in [5.74, 6) is -2.20. The number of hydrogen-bond acceptors (Lipinski definition) is 5. The van der Waals surface area contributed by atoms with E-state index in [1.54, 1.807) is 0 Å². The van der Waals surface area contributed by atoms with E-state index in [-0.39, 0.29) is 6.42 Å². The molecule has 5 N–H and O–H groups in total. The predicted octanol–water partition coefficient (Wildman–Crippen LogP) is -2.14. The third-order valence-electron chi connectivity index (χ3n) is 3.17. The van der Waals surface area contributed by atoms with E-state index < -0.39 is 35.9 Å². The molecule has 0 aromatic rings. The molecule has 2 heterocycles. The van der Waals surface area contributed by atoms with Gasteiger partial charge < -0.3 is 20.4 Å². The van der Waals surface area contributed by atoms with E-state index in [0.717, 1.165) is 0 Å². The zero-order valence-electron chi connectivity index (χ0n) is 7.42. The third kappa shape index (κ3) is 1.15. The fourth-order valence-corrected chi connectivity index (χ4v) is 2.38. The van der Waals surface area contributed by atoms with Crippen molar-refractivity contribution >= 4 is 5.97 Å². The van der Waals surface area contributed by atoms with Gasteiger partial charge in [-0.05, 0) is 12.8 Å². The molecular weight excluding hydrogens is 190 g/mol. The number of hydrogen-bond donors (Lipinski definition) is 5. The average molecular weight is 203 g/mol. The molecule has 0 spiro atoms. The van der Waals surface area contributed by atoms with E-state index in [0.29, 0.717) is 6.42 Å². The fourth-order valence-electron chi connectivity index (χ4n) is 2.38. The lowest BCUT2D eigenvalue weighted by molar-refractivity contribution is -0.184. The van der Waals surface area contributed by atoms with Crippen molar-refractivity contribution in [2.24, 2.45) is 5.92 Å².